The van der Waals surface area contributed by atoms with Crippen LogP contribution in [0.2, 0.25) is 0 Å². The van der Waals surface area contributed by atoms with E-state index < -0.39 is 6.04 Å². The quantitative estimate of drug-likeness (QED) is 0.793. The van der Waals surface area contributed by atoms with Crippen LogP contribution in [-0.4, -0.2) is 29.3 Å². The van der Waals surface area contributed by atoms with Crippen LogP contribution in [0.5, 0.6) is 0 Å². The zero-order chi connectivity index (χ0) is 17.4. The first-order valence-electron chi connectivity index (χ1n) is 8.20. The number of hydrogen-bond acceptors (Lipinski definition) is 2. The first kappa shape index (κ1) is 17.7. The second-order valence-electron chi connectivity index (χ2n) is 6.09. The van der Waals surface area contributed by atoms with Crippen LogP contribution in [0.15, 0.2) is 60.7 Å². The lowest BCUT2D eigenvalue weighted by molar-refractivity contribution is -0.109. The average Bonchev–Trinajstić information content (AvgIpc) is 2.60. The molecule has 0 saturated carbocycles. The Labute approximate surface area is 143 Å². The number of carbonyl (C=O) groups is 2. The molecule has 0 unspecified atom stereocenters. The van der Waals surface area contributed by atoms with Gasteiger partial charge in [0.25, 0.3) is 0 Å². The van der Waals surface area contributed by atoms with Crippen LogP contribution in [0.1, 0.15) is 25.0 Å². The van der Waals surface area contributed by atoms with E-state index in [1.54, 1.807) is 4.90 Å². The summed E-state index contributed by atoms with van der Waals surface area (Å²) >= 11 is 0. The topological polar surface area (TPSA) is 49.4 Å². The molecule has 0 aliphatic heterocycles. The molecule has 0 heterocycles. The van der Waals surface area contributed by atoms with Crippen molar-refractivity contribution < 1.29 is 9.59 Å². The molecule has 2 aromatic rings. The Morgan fingerprint density at radius 2 is 1.54 bits per heavy atom. The molecule has 0 spiro atoms. The van der Waals surface area contributed by atoms with E-state index in [1.165, 1.54) is 0 Å². The van der Waals surface area contributed by atoms with Crippen molar-refractivity contribution in [1.29, 1.82) is 0 Å². The molecule has 2 aromatic carbocycles. The standard InChI is InChI=1S/C20H24N2O2/c1-16(2)22(14-18-11-7-4-8-12-18)20(24)21-19(15-23)13-17-9-5-3-6-10-17/h3-12,15-16,19H,13-14H2,1-2H3,(H,21,24)/t19-/m0/s1. The first-order valence-corrected chi connectivity index (χ1v) is 8.20. The lowest BCUT2D eigenvalue weighted by Gasteiger charge is -2.28. The van der Waals surface area contributed by atoms with Crippen LogP contribution in [0, 0.1) is 0 Å². The highest BCUT2D eigenvalue weighted by Gasteiger charge is 2.20. The highest BCUT2D eigenvalue weighted by Crippen LogP contribution is 2.09. The maximum Gasteiger partial charge on any atom is 0.318 e. The van der Waals surface area contributed by atoms with Gasteiger partial charge >= 0.3 is 6.03 Å². The van der Waals surface area contributed by atoms with Gasteiger partial charge in [0.05, 0.1) is 6.04 Å². The third-order valence-corrected chi connectivity index (χ3v) is 3.85. The van der Waals surface area contributed by atoms with Gasteiger partial charge in [-0.1, -0.05) is 60.7 Å². The van der Waals surface area contributed by atoms with Gasteiger partial charge in [0.15, 0.2) is 0 Å². The van der Waals surface area contributed by atoms with E-state index in [1.807, 2.05) is 74.5 Å². The number of nitrogens with one attached hydrogen (secondary N) is 1. The van der Waals surface area contributed by atoms with Crippen molar-refractivity contribution in [3.8, 4) is 0 Å². The number of rotatable bonds is 7. The van der Waals surface area contributed by atoms with Crippen molar-refractivity contribution in [1.82, 2.24) is 10.2 Å². The second kappa shape index (κ2) is 8.87. The fraction of sp³-hybridized carbons (Fsp3) is 0.300. The molecule has 0 saturated heterocycles. The summed E-state index contributed by atoms with van der Waals surface area (Å²) in [7, 11) is 0. The number of hydrogen-bond donors (Lipinski definition) is 1. The maximum absolute atomic E-state index is 12.6. The summed E-state index contributed by atoms with van der Waals surface area (Å²) in [5.74, 6) is 0. The van der Waals surface area contributed by atoms with Crippen LogP contribution in [0.3, 0.4) is 0 Å². The van der Waals surface area contributed by atoms with Crippen molar-refractivity contribution >= 4 is 12.3 Å². The van der Waals surface area contributed by atoms with Crippen LogP contribution in [0.4, 0.5) is 4.79 Å². The van der Waals surface area contributed by atoms with Crippen molar-refractivity contribution in [3.05, 3.63) is 71.8 Å². The minimum Gasteiger partial charge on any atom is -0.328 e. The third kappa shape index (κ3) is 5.23. The molecule has 0 fully saturated rings. The predicted octanol–water partition coefficient (Wildman–Crippen LogP) is 3.42. The molecule has 0 aliphatic rings. The van der Waals surface area contributed by atoms with E-state index in [2.05, 4.69) is 5.32 Å². The molecular weight excluding hydrogens is 300 g/mol. The van der Waals surface area contributed by atoms with E-state index in [9.17, 15) is 9.59 Å². The van der Waals surface area contributed by atoms with Crippen molar-refractivity contribution in [3.63, 3.8) is 0 Å². The third-order valence-electron chi connectivity index (χ3n) is 3.85. The summed E-state index contributed by atoms with van der Waals surface area (Å²) in [6, 6.07) is 18.8. The maximum atomic E-state index is 12.6. The molecule has 1 N–H and O–H groups in total. The van der Waals surface area contributed by atoms with Gasteiger partial charge in [-0.25, -0.2) is 4.79 Å². The van der Waals surface area contributed by atoms with Crippen LogP contribution >= 0.6 is 0 Å². The lowest BCUT2D eigenvalue weighted by Crippen LogP contribution is -2.48. The molecule has 1 atom stereocenters. The molecule has 4 nitrogen and oxygen atoms in total. The summed E-state index contributed by atoms with van der Waals surface area (Å²) in [6.45, 7) is 4.45. The normalized spacial score (nSPS) is 11.8. The molecule has 0 aromatic heterocycles. The fourth-order valence-electron chi connectivity index (χ4n) is 2.51. The van der Waals surface area contributed by atoms with Gasteiger partial charge in [-0.2, -0.15) is 0 Å². The first-order chi connectivity index (χ1) is 11.6. The average molecular weight is 324 g/mol. The molecular formula is C20H24N2O2. The summed E-state index contributed by atoms with van der Waals surface area (Å²) in [6.07, 6.45) is 1.29. The van der Waals surface area contributed by atoms with E-state index in [-0.39, 0.29) is 12.1 Å². The Kier molecular flexibility index (Phi) is 6.55. The van der Waals surface area contributed by atoms with Gasteiger partial charge in [0, 0.05) is 12.6 Å². The molecule has 126 valence electrons. The van der Waals surface area contributed by atoms with Crippen molar-refractivity contribution in [2.24, 2.45) is 0 Å². The minimum absolute atomic E-state index is 0.0363. The zero-order valence-electron chi connectivity index (χ0n) is 14.2. The second-order valence-corrected chi connectivity index (χ2v) is 6.09. The summed E-state index contributed by atoms with van der Waals surface area (Å²) in [5.41, 5.74) is 2.08. The highest BCUT2D eigenvalue weighted by molar-refractivity contribution is 5.78. The zero-order valence-corrected chi connectivity index (χ0v) is 14.2. The molecule has 0 aliphatic carbocycles. The molecule has 0 radical (unpaired) electrons. The lowest BCUT2D eigenvalue weighted by atomic mass is 10.1. The van der Waals surface area contributed by atoms with Gasteiger partial charge < -0.3 is 15.0 Å². The summed E-state index contributed by atoms with van der Waals surface area (Å²) < 4.78 is 0. The summed E-state index contributed by atoms with van der Waals surface area (Å²) in [4.78, 5) is 25.7. The molecule has 2 rings (SSSR count). The van der Waals surface area contributed by atoms with Crippen LogP contribution in [-0.2, 0) is 17.8 Å². The van der Waals surface area contributed by atoms with E-state index in [4.69, 9.17) is 0 Å². The Balaban J connectivity index is 2.01. The van der Waals surface area contributed by atoms with Crippen molar-refractivity contribution in [2.75, 3.05) is 0 Å². The monoisotopic (exact) mass is 324 g/mol. The number of urea groups is 1. The van der Waals surface area contributed by atoms with E-state index >= 15 is 0 Å². The van der Waals surface area contributed by atoms with Crippen molar-refractivity contribution in [2.45, 2.75) is 38.9 Å². The van der Waals surface area contributed by atoms with Crippen LogP contribution < -0.4 is 5.32 Å². The Morgan fingerprint density at radius 3 is 2.04 bits per heavy atom. The SMILES string of the molecule is CC(C)N(Cc1ccccc1)C(=O)N[C@H](C=O)Cc1ccccc1. The van der Waals surface area contributed by atoms with Gasteiger partial charge in [0.1, 0.15) is 6.29 Å². The van der Waals surface area contributed by atoms with Crippen LogP contribution in [0.25, 0.3) is 0 Å². The number of carbonyl (C=O) groups excluding carboxylic acids is 2. The fourth-order valence-corrected chi connectivity index (χ4v) is 2.51. The number of benzene rings is 2. The molecule has 2 amide bonds. The summed E-state index contributed by atoms with van der Waals surface area (Å²) in [5, 5.41) is 2.84. The molecule has 4 heteroatoms. The Hall–Kier alpha value is -2.62. The van der Waals surface area contributed by atoms with Gasteiger partial charge in [0.2, 0.25) is 0 Å². The molecule has 0 bridgehead atoms. The largest absolute Gasteiger partial charge is 0.328 e. The predicted molar refractivity (Wildman–Crippen MR) is 95.7 cm³/mol. The van der Waals surface area contributed by atoms with E-state index in [0.717, 1.165) is 17.4 Å². The van der Waals surface area contributed by atoms with Gasteiger partial charge in [-0.05, 0) is 31.4 Å². The number of amides is 2. The van der Waals surface area contributed by atoms with Gasteiger partial charge in [-0.3, -0.25) is 0 Å². The smallest absolute Gasteiger partial charge is 0.318 e. The highest BCUT2D eigenvalue weighted by atomic mass is 16.2. The minimum atomic E-state index is -0.531. The number of aldehydes is 1. The van der Waals surface area contributed by atoms with E-state index in [0.29, 0.717) is 13.0 Å². The van der Waals surface area contributed by atoms with Gasteiger partial charge in [-0.15, -0.1) is 0 Å². The Bertz CT molecular complexity index is 641. The Morgan fingerprint density at radius 1 is 1.00 bits per heavy atom. The number of nitrogens with zero attached hydrogens (tertiary/aromatic N) is 1. The molecule has 24 heavy (non-hydrogen) atoms.